The van der Waals surface area contributed by atoms with Crippen molar-refractivity contribution in [2.75, 3.05) is 51.4 Å². The van der Waals surface area contributed by atoms with Crippen LogP contribution in [0, 0.1) is 5.92 Å². The van der Waals surface area contributed by atoms with Crippen LogP contribution in [0.1, 0.15) is 32.6 Å². The van der Waals surface area contributed by atoms with Crippen LogP contribution in [0.2, 0.25) is 0 Å². The van der Waals surface area contributed by atoms with Gasteiger partial charge in [0.2, 0.25) is 0 Å². The molecule has 2 aliphatic rings. The topological polar surface area (TPSA) is 78.4 Å². The van der Waals surface area contributed by atoms with E-state index in [2.05, 4.69) is 39.6 Å². The quantitative estimate of drug-likeness (QED) is 0.245. The Morgan fingerprint density at radius 3 is 2.90 bits per heavy atom. The van der Waals surface area contributed by atoms with Crippen molar-refractivity contribution in [1.29, 1.82) is 0 Å². The second-order valence-electron chi connectivity index (χ2n) is 7.99. The fraction of sp³-hybridized carbons (Fsp3) is 0.682. The third-order valence-electron chi connectivity index (χ3n) is 5.35. The maximum atomic E-state index is 10.1. The largest absolute Gasteiger partial charge is 0.497 e. The third kappa shape index (κ3) is 8.47. The number of aliphatic hydroxyl groups excluding tert-OH is 1. The van der Waals surface area contributed by atoms with Gasteiger partial charge in [-0.2, -0.15) is 0 Å². The van der Waals surface area contributed by atoms with Crippen molar-refractivity contribution in [3.8, 4) is 5.75 Å². The molecule has 0 bridgehead atoms. The lowest BCUT2D eigenvalue weighted by Crippen LogP contribution is -2.51. The van der Waals surface area contributed by atoms with Gasteiger partial charge in [0.15, 0.2) is 5.96 Å². The van der Waals surface area contributed by atoms with Gasteiger partial charge in [-0.15, -0.1) is 24.0 Å². The summed E-state index contributed by atoms with van der Waals surface area (Å²) in [6.45, 7) is 6.24. The maximum Gasteiger partial charge on any atom is 0.191 e. The van der Waals surface area contributed by atoms with Gasteiger partial charge in [-0.05, 0) is 50.7 Å². The molecule has 0 amide bonds. The first kappa shape index (κ1) is 25.0. The van der Waals surface area contributed by atoms with Gasteiger partial charge in [-0.1, -0.05) is 6.07 Å². The van der Waals surface area contributed by atoms with Crippen LogP contribution in [-0.4, -0.2) is 69.7 Å². The number of halogens is 1. The van der Waals surface area contributed by atoms with Gasteiger partial charge in [0.05, 0.1) is 26.4 Å². The highest BCUT2D eigenvalue weighted by molar-refractivity contribution is 14.0. The van der Waals surface area contributed by atoms with E-state index in [-0.39, 0.29) is 24.0 Å². The van der Waals surface area contributed by atoms with Gasteiger partial charge in [0.25, 0.3) is 0 Å². The number of nitrogens with one attached hydrogen (secondary N) is 2. The molecule has 0 radical (unpaired) electrons. The van der Waals surface area contributed by atoms with Crippen LogP contribution in [0.3, 0.4) is 0 Å². The Balaban J connectivity index is 0.00000320. The van der Waals surface area contributed by atoms with Crippen LogP contribution in [0.4, 0.5) is 5.69 Å². The van der Waals surface area contributed by atoms with Gasteiger partial charge >= 0.3 is 0 Å². The summed E-state index contributed by atoms with van der Waals surface area (Å²) in [5, 5.41) is 17.0. The Morgan fingerprint density at radius 1 is 1.33 bits per heavy atom. The Morgan fingerprint density at radius 2 is 2.17 bits per heavy atom. The van der Waals surface area contributed by atoms with Crippen LogP contribution in [0.25, 0.3) is 0 Å². The van der Waals surface area contributed by atoms with E-state index in [4.69, 9.17) is 9.47 Å². The van der Waals surface area contributed by atoms with Gasteiger partial charge in [0, 0.05) is 44.0 Å². The van der Waals surface area contributed by atoms with Gasteiger partial charge in [-0.25, -0.2) is 0 Å². The smallest absolute Gasteiger partial charge is 0.191 e. The molecule has 170 valence electrons. The second kappa shape index (κ2) is 13.2. The van der Waals surface area contributed by atoms with Crippen molar-refractivity contribution in [2.24, 2.45) is 10.9 Å². The zero-order chi connectivity index (χ0) is 20.5. The highest BCUT2D eigenvalue weighted by Crippen LogP contribution is 2.28. The molecule has 2 fully saturated rings. The highest BCUT2D eigenvalue weighted by atomic mass is 127. The summed E-state index contributed by atoms with van der Waals surface area (Å²) in [4.78, 5) is 6.95. The van der Waals surface area contributed by atoms with Crippen LogP contribution >= 0.6 is 24.0 Å². The molecule has 1 aliphatic heterocycles. The Kier molecular flexibility index (Phi) is 11.0. The molecule has 30 heavy (non-hydrogen) atoms. The van der Waals surface area contributed by atoms with Gasteiger partial charge in [0.1, 0.15) is 5.75 Å². The summed E-state index contributed by atoms with van der Waals surface area (Å²) in [6, 6.07) is 8.51. The minimum atomic E-state index is -0.566. The average Bonchev–Trinajstić information content (AvgIpc) is 3.57. The average molecular weight is 532 g/mol. The molecule has 0 spiro atoms. The third-order valence-corrected chi connectivity index (χ3v) is 5.35. The number of nitrogens with zero attached hydrogens (tertiary/aromatic N) is 2. The predicted octanol–water partition coefficient (Wildman–Crippen LogP) is 2.62. The molecular formula is C22H37IN4O3. The van der Waals surface area contributed by atoms with E-state index in [1.54, 1.807) is 7.11 Å². The lowest BCUT2D eigenvalue weighted by molar-refractivity contribution is 0.0368. The molecule has 2 unspecified atom stereocenters. The molecule has 3 rings (SSSR count). The van der Waals surface area contributed by atoms with Gasteiger partial charge < -0.3 is 30.1 Å². The number of guanidine groups is 1. The molecule has 1 heterocycles. The summed E-state index contributed by atoms with van der Waals surface area (Å²) in [6.07, 6.45) is 4.17. The normalized spacial score (nSPS) is 20.3. The maximum absolute atomic E-state index is 10.1. The van der Waals surface area contributed by atoms with Gasteiger partial charge in [-0.3, -0.25) is 4.99 Å². The first-order valence-corrected chi connectivity index (χ1v) is 10.9. The van der Waals surface area contributed by atoms with E-state index >= 15 is 0 Å². The number of hydrogen-bond acceptors (Lipinski definition) is 5. The first-order valence-electron chi connectivity index (χ1n) is 10.9. The number of piperidine rings is 1. The van der Waals surface area contributed by atoms with Crippen molar-refractivity contribution >= 4 is 35.6 Å². The monoisotopic (exact) mass is 532 g/mol. The number of benzene rings is 1. The number of aliphatic hydroxyl groups is 1. The van der Waals surface area contributed by atoms with Crippen LogP contribution < -0.4 is 20.3 Å². The lowest BCUT2D eigenvalue weighted by Gasteiger charge is -2.35. The zero-order valence-corrected chi connectivity index (χ0v) is 20.5. The van der Waals surface area contributed by atoms with E-state index in [0.717, 1.165) is 50.8 Å². The van der Waals surface area contributed by atoms with Crippen LogP contribution in [0.15, 0.2) is 29.3 Å². The molecule has 1 aliphatic carbocycles. The highest BCUT2D eigenvalue weighted by Gasteiger charge is 2.22. The summed E-state index contributed by atoms with van der Waals surface area (Å²) >= 11 is 0. The van der Waals surface area contributed by atoms with E-state index in [9.17, 15) is 5.11 Å². The van der Waals surface area contributed by atoms with E-state index in [1.807, 2.05) is 12.1 Å². The Bertz CT molecular complexity index is 657. The van der Waals surface area contributed by atoms with Crippen molar-refractivity contribution in [1.82, 2.24) is 10.6 Å². The summed E-state index contributed by atoms with van der Waals surface area (Å²) < 4.78 is 10.9. The fourth-order valence-corrected chi connectivity index (χ4v) is 3.55. The molecule has 1 saturated carbocycles. The molecule has 1 saturated heterocycles. The number of anilines is 1. The number of methoxy groups -OCH3 is 1. The summed E-state index contributed by atoms with van der Waals surface area (Å²) in [7, 11) is 1.70. The zero-order valence-electron chi connectivity index (χ0n) is 18.2. The molecule has 3 N–H and O–H groups in total. The Hall–Kier alpha value is -1.26. The van der Waals surface area contributed by atoms with E-state index in [1.165, 1.54) is 18.5 Å². The molecular weight excluding hydrogens is 495 g/mol. The lowest BCUT2D eigenvalue weighted by atomic mass is 10.0. The van der Waals surface area contributed by atoms with Crippen LogP contribution in [-0.2, 0) is 4.74 Å². The summed E-state index contributed by atoms with van der Waals surface area (Å²) in [5.74, 6) is 2.35. The number of hydrogen-bond donors (Lipinski definition) is 3. The standard InChI is InChI=1S/C22H36N4O3.HI/c1-3-23-22(24-13-20(27)16-29-15-17-9-10-17)25-18-6-5-11-26(14-18)19-7-4-8-21(12-19)28-2;/h4,7-8,12,17-18,20,27H,3,5-6,9-11,13-16H2,1-2H3,(H2,23,24,25);1H. The van der Waals surface area contributed by atoms with Crippen molar-refractivity contribution < 1.29 is 14.6 Å². The summed E-state index contributed by atoms with van der Waals surface area (Å²) in [5.41, 5.74) is 1.18. The van der Waals surface area contributed by atoms with E-state index in [0.29, 0.717) is 25.1 Å². The molecule has 7 nitrogen and oxygen atoms in total. The minimum Gasteiger partial charge on any atom is -0.497 e. The Labute approximate surface area is 197 Å². The van der Waals surface area contributed by atoms with Crippen LogP contribution in [0.5, 0.6) is 5.75 Å². The van der Waals surface area contributed by atoms with Crippen molar-refractivity contribution in [2.45, 2.75) is 44.8 Å². The van der Waals surface area contributed by atoms with E-state index < -0.39 is 6.10 Å². The fourth-order valence-electron chi connectivity index (χ4n) is 3.55. The molecule has 2 atom stereocenters. The van der Waals surface area contributed by atoms with Crippen molar-refractivity contribution in [3.05, 3.63) is 24.3 Å². The minimum absolute atomic E-state index is 0. The number of aliphatic imine (C=N–C) groups is 1. The van der Waals surface area contributed by atoms with Crippen molar-refractivity contribution in [3.63, 3.8) is 0 Å². The molecule has 1 aromatic carbocycles. The second-order valence-corrected chi connectivity index (χ2v) is 7.99. The number of rotatable bonds is 10. The SMILES string of the molecule is CCNC(=NCC(O)COCC1CC1)NC1CCCN(c2cccc(OC)c2)C1.I. The molecule has 8 heteroatoms. The predicted molar refractivity (Wildman–Crippen MR) is 132 cm³/mol. The molecule has 1 aromatic rings. The molecule has 0 aromatic heterocycles. The number of ether oxygens (including phenoxy) is 2. The first-order chi connectivity index (χ1) is 14.2.